The third-order valence-electron chi connectivity index (χ3n) is 5.32. The predicted molar refractivity (Wildman–Crippen MR) is 90.0 cm³/mol. The van der Waals surface area contributed by atoms with Gasteiger partial charge in [-0.25, -0.2) is 15.0 Å². The Labute approximate surface area is 144 Å². The van der Waals surface area contributed by atoms with Gasteiger partial charge in [-0.2, -0.15) is 0 Å². The van der Waals surface area contributed by atoms with E-state index in [1.807, 2.05) is 16.5 Å². The van der Waals surface area contributed by atoms with Gasteiger partial charge in [0.15, 0.2) is 11.5 Å². The molecule has 0 bridgehead atoms. The number of hydrogen-bond donors (Lipinski definition) is 0. The summed E-state index contributed by atoms with van der Waals surface area (Å²) in [6.45, 7) is 1.14. The number of carbonyl (C=O) groups is 1. The first kappa shape index (κ1) is 14.6. The highest BCUT2D eigenvalue weighted by atomic mass is 16.4. The largest absolute Gasteiger partial charge is 0.445 e. The van der Waals surface area contributed by atoms with Crippen molar-refractivity contribution in [3.05, 3.63) is 41.5 Å². The number of pyridine rings is 1. The Kier molecular flexibility index (Phi) is 3.16. The van der Waals surface area contributed by atoms with Crippen molar-refractivity contribution >= 4 is 17.1 Å². The summed E-state index contributed by atoms with van der Waals surface area (Å²) in [5, 5.41) is 0. The molecule has 3 aromatic heterocycles. The zero-order valence-electron chi connectivity index (χ0n) is 14.1. The molecule has 0 aromatic carbocycles. The quantitative estimate of drug-likeness (QED) is 0.718. The van der Waals surface area contributed by atoms with Crippen LogP contribution in [0.5, 0.6) is 0 Å². The summed E-state index contributed by atoms with van der Waals surface area (Å²) in [6.07, 6.45) is 7.65. The van der Waals surface area contributed by atoms with E-state index in [9.17, 15) is 4.79 Å². The van der Waals surface area contributed by atoms with Crippen LogP contribution >= 0.6 is 0 Å². The van der Waals surface area contributed by atoms with Gasteiger partial charge >= 0.3 is 0 Å². The van der Waals surface area contributed by atoms with E-state index >= 15 is 0 Å². The molecule has 7 nitrogen and oxygen atoms in total. The average Bonchev–Trinajstić information content (AvgIpc) is 3.15. The van der Waals surface area contributed by atoms with Crippen molar-refractivity contribution in [2.24, 2.45) is 7.05 Å². The smallest absolute Gasteiger partial charge is 0.256 e. The number of hydrogen-bond acceptors (Lipinski definition) is 5. The molecule has 0 unspecified atom stereocenters. The first-order valence-corrected chi connectivity index (χ1v) is 8.74. The van der Waals surface area contributed by atoms with Crippen LogP contribution in [0.2, 0.25) is 0 Å². The summed E-state index contributed by atoms with van der Waals surface area (Å²) in [5.74, 6) is 2.26. The maximum Gasteiger partial charge on any atom is 0.256 e. The summed E-state index contributed by atoms with van der Waals surface area (Å²) in [7, 11) is 1.88. The lowest BCUT2D eigenvalue weighted by molar-refractivity contribution is 0.0729. The summed E-state index contributed by atoms with van der Waals surface area (Å²) >= 11 is 0. The monoisotopic (exact) mass is 337 g/mol. The fourth-order valence-corrected chi connectivity index (χ4v) is 3.59. The molecular weight excluding hydrogens is 318 g/mol. The van der Waals surface area contributed by atoms with Crippen LogP contribution in [0.3, 0.4) is 0 Å². The number of aryl methyl sites for hydroxylation is 1. The molecule has 7 heteroatoms. The Balaban J connectivity index is 1.43. The SMILES string of the molecule is Cn1cnc2c(C(=O)N3CCc4oc(C5CCC5)nc4C3)ccnc21. The van der Waals surface area contributed by atoms with Gasteiger partial charge < -0.3 is 13.9 Å². The molecule has 1 aliphatic heterocycles. The fourth-order valence-electron chi connectivity index (χ4n) is 3.59. The number of carbonyl (C=O) groups excluding carboxylic acids is 1. The Morgan fingerprint density at radius 2 is 2.20 bits per heavy atom. The minimum absolute atomic E-state index is 0.0232. The highest BCUT2D eigenvalue weighted by molar-refractivity contribution is 6.04. The molecule has 0 N–H and O–H groups in total. The molecule has 1 fully saturated rings. The van der Waals surface area contributed by atoms with Gasteiger partial charge in [0.1, 0.15) is 17.0 Å². The van der Waals surface area contributed by atoms with Crippen LogP contribution in [-0.2, 0) is 20.0 Å². The minimum atomic E-state index is -0.0232. The number of amides is 1. The van der Waals surface area contributed by atoms with E-state index in [-0.39, 0.29) is 5.91 Å². The predicted octanol–water partition coefficient (Wildman–Crippen LogP) is 2.42. The standard InChI is InChI=1S/C18H19N5O2/c1-22-10-20-15-12(5-7-19-16(15)22)18(24)23-8-6-14-13(9-23)21-17(25-14)11-3-2-4-11/h5,7,10-11H,2-4,6,8-9H2,1H3. The summed E-state index contributed by atoms with van der Waals surface area (Å²) in [5.41, 5.74) is 2.87. The topological polar surface area (TPSA) is 77.0 Å². The van der Waals surface area contributed by atoms with Crippen LogP contribution in [0.1, 0.15) is 52.9 Å². The molecular formula is C18H19N5O2. The Hall–Kier alpha value is -2.70. The van der Waals surface area contributed by atoms with Gasteiger partial charge in [0, 0.05) is 32.1 Å². The zero-order chi connectivity index (χ0) is 17.0. The van der Waals surface area contributed by atoms with E-state index in [0.717, 1.165) is 42.3 Å². The van der Waals surface area contributed by atoms with Crippen LogP contribution in [0.15, 0.2) is 23.0 Å². The molecule has 4 heterocycles. The van der Waals surface area contributed by atoms with E-state index in [0.29, 0.717) is 30.1 Å². The van der Waals surface area contributed by atoms with Gasteiger partial charge in [-0.1, -0.05) is 6.42 Å². The second-order valence-corrected chi connectivity index (χ2v) is 6.91. The average molecular weight is 337 g/mol. The van der Waals surface area contributed by atoms with E-state index < -0.39 is 0 Å². The van der Waals surface area contributed by atoms with E-state index in [4.69, 9.17) is 4.42 Å². The van der Waals surface area contributed by atoms with E-state index in [1.54, 1.807) is 18.6 Å². The molecule has 0 spiro atoms. The van der Waals surface area contributed by atoms with Crippen LogP contribution in [-0.4, -0.2) is 36.9 Å². The molecule has 2 aliphatic rings. The Morgan fingerprint density at radius 1 is 1.32 bits per heavy atom. The van der Waals surface area contributed by atoms with Crippen LogP contribution < -0.4 is 0 Å². The summed E-state index contributed by atoms with van der Waals surface area (Å²) in [6, 6.07) is 1.75. The molecule has 0 radical (unpaired) electrons. The zero-order valence-corrected chi connectivity index (χ0v) is 14.1. The number of nitrogens with zero attached hydrogens (tertiary/aromatic N) is 5. The van der Waals surface area contributed by atoms with Crippen LogP contribution in [0.25, 0.3) is 11.2 Å². The molecule has 128 valence electrons. The Morgan fingerprint density at radius 3 is 3.00 bits per heavy atom. The van der Waals surface area contributed by atoms with Gasteiger partial charge in [0.2, 0.25) is 0 Å². The molecule has 1 saturated carbocycles. The number of oxazole rings is 1. The first-order valence-electron chi connectivity index (χ1n) is 8.74. The second-order valence-electron chi connectivity index (χ2n) is 6.91. The highest BCUT2D eigenvalue weighted by Crippen LogP contribution is 2.37. The lowest BCUT2D eigenvalue weighted by Gasteiger charge is -2.25. The van der Waals surface area contributed by atoms with Gasteiger partial charge in [-0.15, -0.1) is 0 Å². The van der Waals surface area contributed by atoms with Crippen molar-refractivity contribution in [1.29, 1.82) is 0 Å². The third-order valence-corrected chi connectivity index (χ3v) is 5.32. The van der Waals surface area contributed by atoms with Crippen molar-refractivity contribution < 1.29 is 9.21 Å². The van der Waals surface area contributed by atoms with Crippen LogP contribution in [0.4, 0.5) is 0 Å². The van der Waals surface area contributed by atoms with Crippen molar-refractivity contribution in [3.8, 4) is 0 Å². The van der Waals surface area contributed by atoms with E-state index in [2.05, 4.69) is 15.0 Å². The van der Waals surface area contributed by atoms with Gasteiger partial charge in [-0.3, -0.25) is 4.79 Å². The molecule has 25 heavy (non-hydrogen) atoms. The van der Waals surface area contributed by atoms with Gasteiger partial charge in [0.25, 0.3) is 5.91 Å². The molecule has 0 atom stereocenters. The Bertz CT molecular complexity index is 969. The molecule has 5 rings (SSSR count). The lowest BCUT2D eigenvalue weighted by atomic mass is 9.85. The van der Waals surface area contributed by atoms with Crippen molar-refractivity contribution in [2.45, 2.75) is 38.1 Å². The van der Waals surface area contributed by atoms with Gasteiger partial charge in [-0.05, 0) is 18.9 Å². The normalized spacial score (nSPS) is 17.6. The summed E-state index contributed by atoms with van der Waals surface area (Å²) in [4.78, 5) is 28.2. The van der Waals surface area contributed by atoms with E-state index in [1.165, 1.54) is 6.42 Å². The maximum atomic E-state index is 13.0. The highest BCUT2D eigenvalue weighted by Gasteiger charge is 2.31. The van der Waals surface area contributed by atoms with Crippen LogP contribution in [0, 0.1) is 0 Å². The number of fused-ring (bicyclic) bond motifs is 2. The van der Waals surface area contributed by atoms with Crippen molar-refractivity contribution in [3.63, 3.8) is 0 Å². The first-order chi connectivity index (χ1) is 12.2. The lowest BCUT2D eigenvalue weighted by Crippen LogP contribution is -2.36. The maximum absolute atomic E-state index is 13.0. The van der Waals surface area contributed by atoms with Crippen molar-refractivity contribution in [2.75, 3.05) is 6.54 Å². The summed E-state index contributed by atoms with van der Waals surface area (Å²) < 4.78 is 7.76. The molecule has 0 saturated heterocycles. The molecule has 3 aromatic rings. The third kappa shape index (κ3) is 2.26. The number of imidazole rings is 1. The number of aromatic nitrogens is 4. The molecule has 1 aliphatic carbocycles. The van der Waals surface area contributed by atoms with Gasteiger partial charge in [0.05, 0.1) is 18.4 Å². The number of rotatable bonds is 2. The minimum Gasteiger partial charge on any atom is -0.445 e. The molecule has 1 amide bonds. The second kappa shape index (κ2) is 5.40. The van der Waals surface area contributed by atoms with Crippen molar-refractivity contribution in [1.82, 2.24) is 24.4 Å². The fraction of sp³-hybridized carbons (Fsp3) is 0.444.